The molecule has 5 nitrogen and oxygen atoms in total. The van der Waals surface area contributed by atoms with Gasteiger partial charge in [0, 0.05) is 9.99 Å². The highest BCUT2D eigenvalue weighted by Gasteiger charge is 2.20. The molecule has 0 atom stereocenters. The smallest absolute Gasteiger partial charge is 0.249 e. The van der Waals surface area contributed by atoms with Gasteiger partial charge in [0.25, 0.3) is 0 Å². The molecule has 1 aromatic heterocycles. The lowest BCUT2D eigenvalue weighted by atomic mass is 10.1. The summed E-state index contributed by atoms with van der Waals surface area (Å²) in [5.74, 6) is -2.50. The maximum absolute atomic E-state index is 14.4. The summed E-state index contributed by atoms with van der Waals surface area (Å²) in [6.45, 7) is 0.460. The largest absolute Gasteiger partial charge is 0.421 e. The van der Waals surface area contributed by atoms with E-state index in [1.807, 2.05) is 22.6 Å². The highest BCUT2D eigenvalue weighted by Crippen LogP contribution is 2.34. The summed E-state index contributed by atoms with van der Waals surface area (Å²) in [6.07, 6.45) is 1.13. The van der Waals surface area contributed by atoms with Gasteiger partial charge < -0.3 is 15.5 Å². The van der Waals surface area contributed by atoms with Gasteiger partial charge in [-0.25, -0.2) is 13.2 Å². The van der Waals surface area contributed by atoms with Crippen molar-refractivity contribution in [2.24, 2.45) is 5.73 Å². The average molecular weight is 474 g/mol. The summed E-state index contributed by atoms with van der Waals surface area (Å²) in [7, 11) is 0. The van der Waals surface area contributed by atoms with Gasteiger partial charge in [-0.1, -0.05) is 0 Å². The summed E-state index contributed by atoms with van der Waals surface area (Å²) in [5.41, 5.74) is 5.29. The Hall–Kier alpha value is -2.14. The maximum Gasteiger partial charge on any atom is 0.249 e. The summed E-state index contributed by atoms with van der Waals surface area (Å²) >= 11 is 1.95. The van der Waals surface area contributed by atoms with Crippen LogP contribution in [0.4, 0.5) is 24.5 Å². The Morgan fingerprint density at radius 1 is 1.08 bits per heavy atom. The van der Waals surface area contributed by atoms with Crippen LogP contribution in [0.25, 0.3) is 11.5 Å². The molecule has 136 valence electrons. The van der Waals surface area contributed by atoms with Crippen LogP contribution < -0.4 is 11.1 Å². The molecule has 0 fully saturated rings. The molecule has 0 aliphatic carbocycles. The summed E-state index contributed by atoms with van der Waals surface area (Å²) in [6, 6.07) is 6.60. The maximum atomic E-state index is 14.4. The lowest BCUT2D eigenvalue weighted by Gasteiger charge is -2.12. The first-order valence-electron chi connectivity index (χ1n) is 7.72. The lowest BCUT2D eigenvalue weighted by Crippen LogP contribution is -2.01. The van der Waals surface area contributed by atoms with E-state index in [0.29, 0.717) is 28.8 Å². The zero-order valence-electron chi connectivity index (χ0n) is 13.4. The topological polar surface area (TPSA) is 77.0 Å². The summed E-state index contributed by atoms with van der Waals surface area (Å²) in [5, 5.41) is 10.3. The van der Waals surface area contributed by atoms with E-state index >= 15 is 0 Å². The molecule has 2 aromatic carbocycles. The third-order valence-electron chi connectivity index (χ3n) is 3.58. The van der Waals surface area contributed by atoms with Gasteiger partial charge in [0.15, 0.2) is 11.6 Å². The Bertz CT molecular complexity index is 932. The van der Waals surface area contributed by atoms with Crippen molar-refractivity contribution in [2.75, 3.05) is 11.9 Å². The SMILES string of the molecule is NCCCc1nnc(-c2ccc(F)c(F)c2Nc2ccc(I)cc2F)o1. The molecule has 0 amide bonds. The molecule has 26 heavy (non-hydrogen) atoms. The first-order valence-corrected chi connectivity index (χ1v) is 8.80. The van der Waals surface area contributed by atoms with E-state index in [0.717, 1.165) is 6.07 Å². The second kappa shape index (κ2) is 8.04. The predicted octanol–water partition coefficient (Wildman–Crippen LogP) is 4.39. The van der Waals surface area contributed by atoms with Crippen LogP contribution in [0.3, 0.4) is 0 Å². The molecule has 0 radical (unpaired) electrons. The molecule has 3 rings (SSSR count). The number of hydrogen-bond acceptors (Lipinski definition) is 5. The van der Waals surface area contributed by atoms with Crippen LogP contribution in [0.5, 0.6) is 0 Å². The molecule has 0 saturated carbocycles. The summed E-state index contributed by atoms with van der Waals surface area (Å²) < 4.78 is 48.4. The van der Waals surface area contributed by atoms with Crippen LogP contribution in [0, 0.1) is 21.0 Å². The van der Waals surface area contributed by atoms with Gasteiger partial charge in [-0.15, -0.1) is 10.2 Å². The number of nitrogens with one attached hydrogen (secondary N) is 1. The fourth-order valence-corrected chi connectivity index (χ4v) is 2.75. The molecular formula is C17H14F3IN4O. The third-order valence-corrected chi connectivity index (χ3v) is 4.25. The molecule has 3 N–H and O–H groups in total. The normalized spacial score (nSPS) is 11.0. The number of rotatable bonds is 6. The zero-order chi connectivity index (χ0) is 18.7. The van der Waals surface area contributed by atoms with Gasteiger partial charge >= 0.3 is 0 Å². The number of benzene rings is 2. The molecule has 9 heteroatoms. The van der Waals surface area contributed by atoms with E-state index < -0.39 is 17.5 Å². The first kappa shape index (κ1) is 18.6. The van der Waals surface area contributed by atoms with Crippen LogP contribution in [0.1, 0.15) is 12.3 Å². The number of anilines is 2. The molecule has 0 unspecified atom stereocenters. The second-order valence-corrected chi connectivity index (χ2v) is 6.67. The van der Waals surface area contributed by atoms with Crippen molar-refractivity contribution in [1.29, 1.82) is 0 Å². The number of nitrogens with two attached hydrogens (primary N) is 1. The zero-order valence-corrected chi connectivity index (χ0v) is 15.6. The van der Waals surface area contributed by atoms with E-state index in [1.165, 1.54) is 18.2 Å². The van der Waals surface area contributed by atoms with E-state index in [2.05, 4.69) is 15.5 Å². The summed E-state index contributed by atoms with van der Waals surface area (Å²) in [4.78, 5) is 0. The van der Waals surface area contributed by atoms with Crippen LogP contribution in [-0.2, 0) is 6.42 Å². The number of nitrogens with zero attached hydrogens (tertiary/aromatic N) is 2. The molecular weight excluding hydrogens is 460 g/mol. The Kier molecular flexibility index (Phi) is 5.77. The molecule has 0 spiro atoms. The van der Waals surface area contributed by atoms with Crippen molar-refractivity contribution in [1.82, 2.24) is 10.2 Å². The Morgan fingerprint density at radius 2 is 1.88 bits per heavy atom. The van der Waals surface area contributed by atoms with Gasteiger partial charge in [0.2, 0.25) is 11.8 Å². The second-order valence-electron chi connectivity index (χ2n) is 5.43. The molecule has 0 aliphatic rings. The fourth-order valence-electron chi connectivity index (χ4n) is 2.29. The van der Waals surface area contributed by atoms with Crippen LogP contribution in [-0.4, -0.2) is 16.7 Å². The Labute approximate surface area is 160 Å². The first-order chi connectivity index (χ1) is 12.5. The molecule has 3 aromatic rings. The highest BCUT2D eigenvalue weighted by molar-refractivity contribution is 14.1. The van der Waals surface area contributed by atoms with Crippen molar-refractivity contribution in [3.8, 4) is 11.5 Å². The van der Waals surface area contributed by atoms with Crippen molar-refractivity contribution in [2.45, 2.75) is 12.8 Å². The number of aromatic nitrogens is 2. The fraction of sp³-hybridized carbons (Fsp3) is 0.176. The van der Waals surface area contributed by atoms with Crippen molar-refractivity contribution < 1.29 is 17.6 Å². The van der Waals surface area contributed by atoms with Crippen molar-refractivity contribution in [3.05, 3.63) is 57.2 Å². The Morgan fingerprint density at radius 3 is 2.62 bits per heavy atom. The van der Waals surface area contributed by atoms with Crippen molar-refractivity contribution in [3.63, 3.8) is 0 Å². The van der Waals surface area contributed by atoms with Gasteiger partial charge in [-0.2, -0.15) is 0 Å². The number of aryl methyl sites for hydroxylation is 1. The van der Waals surface area contributed by atoms with Gasteiger partial charge in [-0.05, 0) is 65.9 Å². The number of hydrogen-bond donors (Lipinski definition) is 2. The lowest BCUT2D eigenvalue weighted by molar-refractivity contribution is 0.495. The highest BCUT2D eigenvalue weighted by atomic mass is 127. The predicted molar refractivity (Wildman–Crippen MR) is 99.4 cm³/mol. The van der Waals surface area contributed by atoms with Gasteiger partial charge in [-0.3, -0.25) is 0 Å². The van der Waals surface area contributed by atoms with Gasteiger partial charge in [0.1, 0.15) is 5.82 Å². The molecule has 1 heterocycles. The third kappa shape index (κ3) is 3.98. The van der Waals surface area contributed by atoms with E-state index in [4.69, 9.17) is 10.2 Å². The van der Waals surface area contributed by atoms with E-state index in [9.17, 15) is 13.2 Å². The standard InChI is InChI=1S/C17H14F3IN4O/c18-11-5-4-10(17-25-24-14(26-17)2-1-7-22)16(15(11)20)23-13-6-3-9(21)8-12(13)19/h3-6,8,23H,1-2,7,22H2. The van der Waals surface area contributed by atoms with E-state index in [1.54, 1.807) is 6.07 Å². The molecule has 0 aliphatic heterocycles. The monoisotopic (exact) mass is 474 g/mol. The van der Waals surface area contributed by atoms with Crippen LogP contribution in [0.2, 0.25) is 0 Å². The quantitative estimate of drug-likeness (QED) is 0.519. The molecule has 0 bridgehead atoms. The minimum absolute atomic E-state index is 0.000892. The van der Waals surface area contributed by atoms with Crippen LogP contribution >= 0.6 is 22.6 Å². The molecule has 0 saturated heterocycles. The minimum Gasteiger partial charge on any atom is -0.421 e. The number of halogens is 4. The van der Waals surface area contributed by atoms with Crippen LogP contribution in [0.15, 0.2) is 34.7 Å². The minimum atomic E-state index is -1.16. The Balaban J connectivity index is 2.01. The van der Waals surface area contributed by atoms with E-state index in [-0.39, 0.29) is 22.8 Å². The average Bonchev–Trinajstić information content (AvgIpc) is 3.08. The van der Waals surface area contributed by atoms with Crippen molar-refractivity contribution >= 4 is 34.0 Å². The van der Waals surface area contributed by atoms with Gasteiger partial charge in [0.05, 0.1) is 16.9 Å².